The zero-order valence-electron chi connectivity index (χ0n) is 14.6. The van der Waals surface area contributed by atoms with Crippen molar-refractivity contribution in [3.05, 3.63) is 18.2 Å². The van der Waals surface area contributed by atoms with Gasteiger partial charge in [0, 0.05) is 24.7 Å². The molecular formula is C17H23N3O4S. The molecule has 1 aromatic rings. The number of amides is 2. The van der Waals surface area contributed by atoms with Gasteiger partial charge in [0.05, 0.1) is 14.2 Å². The number of ether oxygens (including phenoxy) is 2. The minimum atomic E-state index is -0.458. The topological polar surface area (TPSA) is 89.0 Å². The maximum Gasteiger partial charge on any atom is 0.240 e. The normalized spacial score (nSPS) is 18.1. The fourth-order valence-electron chi connectivity index (χ4n) is 2.25. The van der Waals surface area contributed by atoms with Gasteiger partial charge in [-0.2, -0.15) is 0 Å². The average Bonchev–Trinajstić information content (AvgIpc) is 2.94. The van der Waals surface area contributed by atoms with Crippen LogP contribution in [0, 0.1) is 0 Å². The number of methoxy groups -OCH3 is 2. The van der Waals surface area contributed by atoms with Crippen LogP contribution in [-0.2, 0) is 9.59 Å². The molecule has 136 valence electrons. The van der Waals surface area contributed by atoms with Crippen molar-refractivity contribution in [1.82, 2.24) is 5.32 Å². The van der Waals surface area contributed by atoms with Crippen LogP contribution < -0.4 is 20.1 Å². The van der Waals surface area contributed by atoms with Crippen molar-refractivity contribution in [2.24, 2.45) is 4.99 Å². The Bertz CT molecular complexity index is 663. The number of aliphatic imine (C=N–C) groups is 1. The summed E-state index contributed by atoms with van der Waals surface area (Å²) < 4.78 is 10.4. The molecule has 2 amide bonds. The Balaban J connectivity index is 1.92. The smallest absolute Gasteiger partial charge is 0.240 e. The lowest BCUT2D eigenvalue weighted by Gasteiger charge is -2.11. The third-order valence-electron chi connectivity index (χ3n) is 3.58. The number of nitrogens with one attached hydrogen (secondary N) is 2. The van der Waals surface area contributed by atoms with Crippen molar-refractivity contribution in [3.63, 3.8) is 0 Å². The largest absolute Gasteiger partial charge is 0.493 e. The second-order valence-electron chi connectivity index (χ2n) is 5.46. The lowest BCUT2D eigenvalue weighted by atomic mass is 10.2. The fourth-order valence-corrected chi connectivity index (χ4v) is 3.24. The summed E-state index contributed by atoms with van der Waals surface area (Å²) in [6, 6.07) is 5.11. The van der Waals surface area contributed by atoms with Crippen LogP contribution in [0.3, 0.4) is 0 Å². The second kappa shape index (κ2) is 9.31. The number of hydrogen-bond donors (Lipinski definition) is 2. The van der Waals surface area contributed by atoms with E-state index in [1.165, 1.54) is 18.9 Å². The van der Waals surface area contributed by atoms with Crippen LogP contribution in [0.5, 0.6) is 11.5 Å². The number of nitrogens with zero attached hydrogens (tertiary/aromatic N) is 1. The number of hydrogen-bond acceptors (Lipinski definition) is 6. The molecule has 1 unspecified atom stereocenters. The van der Waals surface area contributed by atoms with Crippen LogP contribution in [0.4, 0.5) is 5.69 Å². The molecule has 0 bridgehead atoms. The van der Waals surface area contributed by atoms with Gasteiger partial charge >= 0.3 is 0 Å². The molecule has 25 heavy (non-hydrogen) atoms. The lowest BCUT2D eigenvalue weighted by Crippen LogP contribution is -2.28. The number of benzene rings is 1. The summed E-state index contributed by atoms with van der Waals surface area (Å²) in [6.07, 6.45) is 2.11. The quantitative estimate of drug-likeness (QED) is 0.691. The molecule has 1 heterocycles. The van der Waals surface area contributed by atoms with Gasteiger partial charge in [-0.15, -0.1) is 0 Å². The van der Waals surface area contributed by atoms with Gasteiger partial charge < -0.3 is 20.1 Å². The van der Waals surface area contributed by atoms with Crippen LogP contribution in [0.1, 0.15) is 26.2 Å². The monoisotopic (exact) mass is 365 g/mol. The highest BCUT2D eigenvalue weighted by Gasteiger charge is 2.31. The Morgan fingerprint density at radius 2 is 2.08 bits per heavy atom. The first kappa shape index (κ1) is 19.1. The maximum atomic E-state index is 12.2. The van der Waals surface area contributed by atoms with Crippen molar-refractivity contribution >= 4 is 34.4 Å². The van der Waals surface area contributed by atoms with Gasteiger partial charge in [-0.05, 0) is 18.6 Å². The molecule has 0 aromatic heterocycles. The van der Waals surface area contributed by atoms with Crippen LogP contribution in [0.25, 0.3) is 0 Å². The summed E-state index contributed by atoms with van der Waals surface area (Å²) in [6.45, 7) is 2.77. The molecule has 0 radical (unpaired) electrons. The number of thioether (sulfide) groups is 1. The zero-order valence-corrected chi connectivity index (χ0v) is 15.4. The van der Waals surface area contributed by atoms with E-state index in [2.05, 4.69) is 22.5 Å². The van der Waals surface area contributed by atoms with Crippen molar-refractivity contribution in [2.45, 2.75) is 31.4 Å². The molecule has 1 atom stereocenters. The lowest BCUT2D eigenvalue weighted by molar-refractivity contribution is -0.122. The van der Waals surface area contributed by atoms with Gasteiger partial charge in [0.1, 0.15) is 5.25 Å². The molecule has 2 N–H and O–H groups in total. The number of rotatable bonds is 8. The number of amidine groups is 1. The van der Waals surface area contributed by atoms with Crippen LogP contribution >= 0.6 is 11.8 Å². The second-order valence-corrected chi connectivity index (χ2v) is 6.65. The summed E-state index contributed by atoms with van der Waals surface area (Å²) in [5.74, 6) is 0.690. The Morgan fingerprint density at radius 3 is 2.76 bits per heavy atom. The minimum Gasteiger partial charge on any atom is -0.493 e. The molecule has 1 aliphatic rings. The van der Waals surface area contributed by atoms with Crippen molar-refractivity contribution in [1.29, 1.82) is 0 Å². The van der Waals surface area contributed by atoms with E-state index in [0.717, 1.165) is 12.8 Å². The predicted octanol–water partition coefficient (Wildman–Crippen LogP) is 2.42. The van der Waals surface area contributed by atoms with Gasteiger partial charge in [-0.3, -0.25) is 14.6 Å². The highest BCUT2D eigenvalue weighted by atomic mass is 32.2. The van der Waals surface area contributed by atoms with Gasteiger partial charge in [0.15, 0.2) is 16.7 Å². The first-order chi connectivity index (χ1) is 12.1. The average molecular weight is 365 g/mol. The summed E-state index contributed by atoms with van der Waals surface area (Å²) in [5, 5.41) is 5.64. The van der Waals surface area contributed by atoms with E-state index in [0.29, 0.717) is 28.9 Å². The van der Waals surface area contributed by atoms with Gasteiger partial charge in [-0.1, -0.05) is 25.1 Å². The Labute approximate surface area is 151 Å². The highest BCUT2D eigenvalue weighted by Crippen LogP contribution is 2.30. The summed E-state index contributed by atoms with van der Waals surface area (Å²) in [4.78, 5) is 28.5. The number of carbonyl (C=O) groups excluding carboxylic acids is 2. The molecule has 0 aliphatic carbocycles. The first-order valence-electron chi connectivity index (χ1n) is 8.11. The van der Waals surface area contributed by atoms with E-state index in [-0.39, 0.29) is 18.2 Å². The molecule has 8 heteroatoms. The van der Waals surface area contributed by atoms with E-state index in [4.69, 9.17) is 9.47 Å². The standard InChI is InChI=1S/C17H23N3O4S/c1-4-5-8-18-17-20-16(22)14(25-17)10-15(21)19-11-6-7-12(23-2)13(9-11)24-3/h6-7,9,14H,4-5,8,10H2,1-3H3,(H,19,21)(H,18,20,22). The van der Waals surface area contributed by atoms with Crippen molar-refractivity contribution in [3.8, 4) is 11.5 Å². The van der Waals surface area contributed by atoms with E-state index < -0.39 is 5.25 Å². The fraction of sp³-hybridized carbons (Fsp3) is 0.471. The van der Waals surface area contributed by atoms with Gasteiger partial charge in [-0.25, -0.2) is 0 Å². The van der Waals surface area contributed by atoms with Gasteiger partial charge in [0.25, 0.3) is 0 Å². The number of anilines is 1. The molecule has 2 rings (SSSR count). The van der Waals surface area contributed by atoms with E-state index in [1.807, 2.05) is 0 Å². The molecule has 1 saturated heterocycles. The predicted molar refractivity (Wildman–Crippen MR) is 99.5 cm³/mol. The van der Waals surface area contributed by atoms with Crippen LogP contribution in [-0.4, -0.2) is 43.0 Å². The maximum absolute atomic E-state index is 12.2. The summed E-state index contributed by atoms with van der Waals surface area (Å²) in [5.41, 5.74) is 0.586. The molecule has 1 fully saturated rings. The molecule has 1 aliphatic heterocycles. The molecular weight excluding hydrogens is 342 g/mol. The molecule has 0 spiro atoms. The van der Waals surface area contributed by atoms with Crippen molar-refractivity contribution < 1.29 is 19.1 Å². The zero-order chi connectivity index (χ0) is 18.2. The molecule has 1 aromatic carbocycles. The minimum absolute atomic E-state index is 0.0810. The van der Waals surface area contributed by atoms with Crippen molar-refractivity contribution in [2.75, 3.05) is 26.1 Å². The SMILES string of the molecule is CCCCN=C1NC(=O)C(CC(=O)Nc2ccc(OC)c(OC)c2)S1. The third kappa shape index (κ3) is 5.38. The number of unbranched alkanes of at least 4 members (excludes halogenated alkanes) is 1. The highest BCUT2D eigenvalue weighted by molar-refractivity contribution is 8.15. The Kier molecular flexibility index (Phi) is 7.12. The summed E-state index contributed by atoms with van der Waals surface area (Å²) in [7, 11) is 3.08. The van der Waals surface area contributed by atoms with E-state index in [9.17, 15) is 9.59 Å². The van der Waals surface area contributed by atoms with Crippen LogP contribution in [0.15, 0.2) is 23.2 Å². The van der Waals surface area contributed by atoms with Crippen LogP contribution in [0.2, 0.25) is 0 Å². The van der Waals surface area contributed by atoms with E-state index in [1.54, 1.807) is 25.3 Å². The van der Waals surface area contributed by atoms with Gasteiger partial charge in [0.2, 0.25) is 11.8 Å². The molecule has 0 saturated carbocycles. The Hall–Kier alpha value is -2.22. The Morgan fingerprint density at radius 1 is 1.32 bits per heavy atom. The third-order valence-corrected chi connectivity index (χ3v) is 4.70. The summed E-state index contributed by atoms with van der Waals surface area (Å²) >= 11 is 1.31. The first-order valence-corrected chi connectivity index (χ1v) is 8.99. The molecule has 7 nitrogen and oxygen atoms in total. The van der Waals surface area contributed by atoms with E-state index >= 15 is 0 Å². The number of carbonyl (C=O) groups is 2.